The molecule has 4 aromatic carbocycles. The molecule has 7 heteroatoms. The van der Waals surface area contributed by atoms with Gasteiger partial charge in [0, 0.05) is 11.1 Å². The van der Waals surface area contributed by atoms with Gasteiger partial charge in [0.05, 0.1) is 40.8 Å². The summed E-state index contributed by atoms with van der Waals surface area (Å²) in [5, 5.41) is 2.79. The first-order valence-electron chi connectivity index (χ1n) is 13.5. The van der Waals surface area contributed by atoms with E-state index in [-0.39, 0.29) is 5.56 Å². The van der Waals surface area contributed by atoms with Crippen LogP contribution in [0.1, 0.15) is 34.8 Å². The van der Waals surface area contributed by atoms with Crippen molar-refractivity contribution >= 4 is 28.6 Å². The third kappa shape index (κ3) is 6.09. The molecule has 1 atom stereocenters. The topological polar surface area (TPSA) is 90.4 Å². The Kier molecular flexibility index (Phi) is 8.06. The number of nitrogens with zero attached hydrogens (tertiary/aromatic N) is 2. The Balaban J connectivity index is 1.46. The molecule has 206 valence electrons. The van der Waals surface area contributed by atoms with Crippen LogP contribution in [0.4, 0.5) is 5.69 Å². The van der Waals surface area contributed by atoms with Gasteiger partial charge in [0.1, 0.15) is 5.75 Å². The fourth-order valence-corrected chi connectivity index (χ4v) is 4.49. The van der Waals surface area contributed by atoms with Gasteiger partial charge in [-0.25, -0.2) is 14.8 Å². The van der Waals surface area contributed by atoms with Crippen LogP contribution in [0, 0.1) is 13.8 Å². The number of aromatic nitrogens is 2. The molecule has 0 fully saturated rings. The van der Waals surface area contributed by atoms with E-state index >= 15 is 0 Å². The summed E-state index contributed by atoms with van der Waals surface area (Å²) in [6.45, 7) is 5.86. The lowest BCUT2D eigenvalue weighted by Gasteiger charge is -2.17. The van der Waals surface area contributed by atoms with Crippen LogP contribution < -0.4 is 10.1 Å². The Morgan fingerprint density at radius 3 is 1.95 bits per heavy atom. The molecule has 0 aliphatic rings. The van der Waals surface area contributed by atoms with Crippen LogP contribution in [-0.4, -0.2) is 35.1 Å². The number of hydrogen-bond acceptors (Lipinski definition) is 6. The SMILES string of the molecule is CCC(OC(=O)c1ccc2nc(-c3ccc(C)cc3)c(-c3ccc(C)cc3)nc2c1)C(=O)Nc1ccccc1OC. The average molecular weight is 546 g/mol. The quantitative estimate of drug-likeness (QED) is 0.208. The van der Waals surface area contributed by atoms with Crippen molar-refractivity contribution in [2.45, 2.75) is 33.3 Å². The van der Waals surface area contributed by atoms with Gasteiger partial charge in [-0.05, 0) is 50.6 Å². The number of methoxy groups -OCH3 is 1. The van der Waals surface area contributed by atoms with E-state index in [9.17, 15) is 9.59 Å². The third-order valence-corrected chi connectivity index (χ3v) is 6.83. The van der Waals surface area contributed by atoms with E-state index in [1.807, 2.05) is 68.4 Å². The number of ether oxygens (including phenoxy) is 2. The van der Waals surface area contributed by atoms with Gasteiger partial charge in [0.2, 0.25) is 0 Å². The molecule has 1 N–H and O–H groups in total. The normalized spacial score (nSPS) is 11.6. The van der Waals surface area contributed by atoms with Gasteiger partial charge < -0.3 is 14.8 Å². The second kappa shape index (κ2) is 12.0. The number of hydrogen-bond donors (Lipinski definition) is 1. The predicted octanol–water partition coefficient (Wildman–Crippen LogP) is 7.16. The summed E-state index contributed by atoms with van der Waals surface area (Å²) in [5.74, 6) is -0.532. The van der Waals surface area contributed by atoms with Gasteiger partial charge in [-0.1, -0.05) is 78.7 Å². The Morgan fingerprint density at radius 1 is 0.780 bits per heavy atom. The van der Waals surface area contributed by atoms with Crippen LogP contribution in [0.5, 0.6) is 5.75 Å². The summed E-state index contributed by atoms with van der Waals surface area (Å²) >= 11 is 0. The van der Waals surface area contributed by atoms with Crippen molar-refractivity contribution < 1.29 is 19.1 Å². The highest BCUT2D eigenvalue weighted by molar-refractivity contribution is 5.99. The lowest BCUT2D eigenvalue weighted by atomic mass is 10.0. The Bertz CT molecular complexity index is 1710. The number of carbonyl (C=O) groups is 2. The van der Waals surface area contributed by atoms with E-state index in [0.717, 1.165) is 33.6 Å². The number of carbonyl (C=O) groups excluding carboxylic acids is 2. The molecule has 0 bridgehead atoms. The van der Waals surface area contributed by atoms with Gasteiger partial charge in [-0.3, -0.25) is 4.79 Å². The summed E-state index contributed by atoms with van der Waals surface area (Å²) in [5.41, 5.74) is 7.64. The summed E-state index contributed by atoms with van der Waals surface area (Å²) in [6.07, 6.45) is -0.682. The smallest absolute Gasteiger partial charge is 0.338 e. The zero-order chi connectivity index (χ0) is 28.9. The van der Waals surface area contributed by atoms with Crippen molar-refractivity contribution in [2.75, 3.05) is 12.4 Å². The van der Waals surface area contributed by atoms with E-state index < -0.39 is 18.0 Å². The van der Waals surface area contributed by atoms with Crippen LogP contribution in [0.25, 0.3) is 33.5 Å². The molecule has 0 aliphatic carbocycles. The summed E-state index contributed by atoms with van der Waals surface area (Å²) < 4.78 is 10.9. The minimum atomic E-state index is -0.985. The minimum Gasteiger partial charge on any atom is -0.495 e. The summed E-state index contributed by atoms with van der Waals surface area (Å²) in [7, 11) is 1.53. The molecule has 0 aliphatic heterocycles. The zero-order valence-corrected chi connectivity index (χ0v) is 23.5. The minimum absolute atomic E-state index is 0.285. The van der Waals surface area contributed by atoms with E-state index in [1.165, 1.54) is 7.11 Å². The molecule has 0 saturated heterocycles. The summed E-state index contributed by atoms with van der Waals surface area (Å²) in [4.78, 5) is 36.0. The molecule has 5 rings (SSSR count). The molecule has 0 spiro atoms. The van der Waals surface area contributed by atoms with Gasteiger partial charge >= 0.3 is 5.97 Å². The largest absolute Gasteiger partial charge is 0.495 e. The van der Waals surface area contributed by atoms with E-state index in [1.54, 1.807) is 43.3 Å². The Morgan fingerprint density at radius 2 is 1.37 bits per heavy atom. The molecule has 1 amide bonds. The number of anilines is 1. The number of rotatable bonds is 8. The van der Waals surface area contributed by atoms with Crippen LogP contribution in [-0.2, 0) is 9.53 Å². The maximum Gasteiger partial charge on any atom is 0.338 e. The van der Waals surface area contributed by atoms with Crippen LogP contribution in [0.2, 0.25) is 0 Å². The molecule has 1 aromatic heterocycles. The lowest BCUT2D eigenvalue weighted by molar-refractivity contribution is -0.124. The highest BCUT2D eigenvalue weighted by Gasteiger charge is 2.24. The number of fused-ring (bicyclic) bond motifs is 1. The number of nitrogens with one attached hydrogen (secondary N) is 1. The van der Waals surface area contributed by atoms with Crippen molar-refractivity contribution in [3.05, 3.63) is 108 Å². The third-order valence-electron chi connectivity index (χ3n) is 6.83. The van der Waals surface area contributed by atoms with Gasteiger partial charge in [-0.15, -0.1) is 0 Å². The molecular weight excluding hydrogens is 514 g/mol. The molecule has 5 aromatic rings. The highest BCUT2D eigenvalue weighted by atomic mass is 16.5. The molecule has 41 heavy (non-hydrogen) atoms. The molecular formula is C34H31N3O4. The van der Waals surface area contributed by atoms with Gasteiger partial charge in [-0.2, -0.15) is 0 Å². The Labute approximate surface area is 239 Å². The van der Waals surface area contributed by atoms with E-state index in [2.05, 4.69) is 5.32 Å². The average Bonchev–Trinajstić information content (AvgIpc) is 2.99. The molecule has 0 radical (unpaired) electrons. The van der Waals surface area contributed by atoms with E-state index in [4.69, 9.17) is 19.4 Å². The number of amides is 1. The second-order valence-corrected chi connectivity index (χ2v) is 9.85. The van der Waals surface area contributed by atoms with Gasteiger partial charge in [0.15, 0.2) is 6.10 Å². The summed E-state index contributed by atoms with van der Waals surface area (Å²) in [6, 6.07) is 28.4. The van der Waals surface area contributed by atoms with Crippen molar-refractivity contribution in [3.8, 4) is 28.3 Å². The monoisotopic (exact) mass is 545 g/mol. The number of esters is 1. The van der Waals surface area contributed by atoms with Crippen LogP contribution in [0.3, 0.4) is 0 Å². The standard InChI is InChI=1S/C34H31N3O4/c1-5-29(33(38)37-27-8-6-7-9-30(27)40-4)41-34(39)25-18-19-26-28(20-25)36-32(24-16-12-22(3)13-17-24)31(35-26)23-14-10-21(2)11-15-23/h6-20,29H,5H2,1-4H3,(H,37,38). The van der Waals surface area contributed by atoms with Crippen molar-refractivity contribution in [1.82, 2.24) is 9.97 Å². The Hall–Kier alpha value is -5.04. The number of para-hydroxylation sites is 2. The maximum absolute atomic E-state index is 13.2. The molecule has 1 heterocycles. The highest BCUT2D eigenvalue weighted by Crippen LogP contribution is 2.32. The predicted molar refractivity (Wildman–Crippen MR) is 161 cm³/mol. The second-order valence-electron chi connectivity index (χ2n) is 9.85. The first kappa shape index (κ1) is 27.5. The zero-order valence-electron chi connectivity index (χ0n) is 23.5. The fourth-order valence-electron chi connectivity index (χ4n) is 4.49. The van der Waals surface area contributed by atoms with Crippen molar-refractivity contribution in [3.63, 3.8) is 0 Å². The lowest BCUT2D eigenvalue weighted by Crippen LogP contribution is -2.32. The fraction of sp³-hybridized carbons (Fsp3) is 0.176. The van der Waals surface area contributed by atoms with Crippen LogP contribution in [0.15, 0.2) is 91.0 Å². The van der Waals surface area contributed by atoms with Gasteiger partial charge in [0.25, 0.3) is 5.91 Å². The molecule has 7 nitrogen and oxygen atoms in total. The van der Waals surface area contributed by atoms with E-state index in [0.29, 0.717) is 28.9 Å². The maximum atomic E-state index is 13.2. The number of aryl methyl sites for hydroxylation is 2. The van der Waals surface area contributed by atoms with Crippen LogP contribution >= 0.6 is 0 Å². The molecule has 0 saturated carbocycles. The van der Waals surface area contributed by atoms with Crippen molar-refractivity contribution in [2.24, 2.45) is 0 Å². The first-order chi connectivity index (χ1) is 19.9. The molecule has 1 unspecified atom stereocenters. The van der Waals surface area contributed by atoms with Crippen molar-refractivity contribution in [1.29, 1.82) is 0 Å². The first-order valence-corrected chi connectivity index (χ1v) is 13.5. The number of benzene rings is 4.